The summed E-state index contributed by atoms with van der Waals surface area (Å²) in [4.78, 5) is 24.6. The summed E-state index contributed by atoms with van der Waals surface area (Å²) in [6.07, 6.45) is -4.35. The molecule has 1 N–H and O–H groups in total. The molecule has 0 aliphatic heterocycles. The van der Waals surface area contributed by atoms with Crippen molar-refractivity contribution in [2.45, 2.75) is 25.1 Å². The van der Waals surface area contributed by atoms with Crippen LogP contribution in [0.15, 0.2) is 66.7 Å². The molecule has 4 nitrogen and oxygen atoms in total. The summed E-state index contributed by atoms with van der Waals surface area (Å²) in [7, 11) is 1.19. The minimum atomic E-state index is -4.44. The van der Waals surface area contributed by atoms with E-state index in [-0.39, 0.29) is 18.7 Å². The van der Waals surface area contributed by atoms with Crippen molar-refractivity contribution >= 4 is 22.6 Å². The predicted octanol–water partition coefficient (Wildman–Crippen LogP) is 4.30. The van der Waals surface area contributed by atoms with E-state index in [1.165, 1.54) is 19.2 Å². The van der Waals surface area contributed by atoms with E-state index >= 15 is 0 Å². The average molecular weight is 415 g/mol. The zero-order chi connectivity index (χ0) is 21.7. The number of amides is 1. The van der Waals surface area contributed by atoms with Gasteiger partial charge in [-0.1, -0.05) is 54.6 Å². The summed E-state index contributed by atoms with van der Waals surface area (Å²) in [6.45, 7) is 0. The zero-order valence-corrected chi connectivity index (χ0v) is 16.2. The lowest BCUT2D eigenvalue weighted by Gasteiger charge is -2.17. The van der Waals surface area contributed by atoms with Crippen molar-refractivity contribution in [1.29, 1.82) is 0 Å². The van der Waals surface area contributed by atoms with Gasteiger partial charge in [0.15, 0.2) is 0 Å². The molecule has 0 aliphatic carbocycles. The second-order valence-corrected chi connectivity index (χ2v) is 6.90. The number of carbonyl (C=O) groups excluding carboxylic acids is 2. The Bertz CT molecular complexity index is 1050. The predicted molar refractivity (Wildman–Crippen MR) is 107 cm³/mol. The molecule has 0 spiro atoms. The molecule has 0 saturated heterocycles. The van der Waals surface area contributed by atoms with Gasteiger partial charge >= 0.3 is 12.1 Å². The van der Waals surface area contributed by atoms with Crippen LogP contribution in [0.1, 0.15) is 16.7 Å². The third kappa shape index (κ3) is 5.37. The Hall–Kier alpha value is -3.35. The monoisotopic (exact) mass is 415 g/mol. The zero-order valence-electron chi connectivity index (χ0n) is 16.2. The number of carbonyl (C=O) groups is 2. The molecule has 0 bridgehead atoms. The van der Waals surface area contributed by atoms with Crippen LogP contribution in [-0.4, -0.2) is 25.0 Å². The van der Waals surface area contributed by atoms with E-state index in [2.05, 4.69) is 5.32 Å². The van der Waals surface area contributed by atoms with Crippen LogP contribution in [0, 0.1) is 0 Å². The van der Waals surface area contributed by atoms with Gasteiger partial charge in [0.2, 0.25) is 5.91 Å². The van der Waals surface area contributed by atoms with Crippen molar-refractivity contribution in [1.82, 2.24) is 5.32 Å². The van der Waals surface area contributed by atoms with Crippen LogP contribution < -0.4 is 5.32 Å². The second kappa shape index (κ2) is 8.98. The standard InChI is InChI=1S/C23H20F3NO3/c1-30-22(29)20(13-15-7-10-19(11-8-15)23(24,25)26)27-21(28)14-16-6-9-17-4-2-3-5-18(17)12-16/h2-12,20H,13-14H2,1H3,(H,27,28)/t20-/m1/s1. The summed E-state index contributed by atoms with van der Waals surface area (Å²) in [6, 6.07) is 16.9. The van der Waals surface area contributed by atoms with Gasteiger partial charge in [0.1, 0.15) is 6.04 Å². The first kappa shape index (κ1) is 21.4. The average Bonchev–Trinajstić information content (AvgIpc) is 2.72. The lowest BCUT2D eigenvalue weighted by Crippen LogP contribution is -2.43. The Morgan fingerprint density at radius 2 is 1.57 bits per heavy atom. The van der Waals surface area contributed by atoms with Crippen LogP contribution in [0.3, 0.4) is 0 Å². The molecule has 0 fully saturated rings. The van der Waals surface area contributed by atoms with Gasteiger partial charge < -0.3 is 10.1 Å². The van der Waals surface area contributed by atoms with Crippen LogP contribution in [0.5, 0.6) is 0 Å². The van der Waals surface area contributed by atoms with Crippen molar-refractivity contribution in [2.24, 2.45) is 0 Å². The van der Waals surface area contributed by atoms with Crippen molar-refractivity contribution in [3.05, 3.63) is 83.4 Å². The maximum atomic E-state index is 12.7. The number of ether oxygens (including phenoxy) is 1. The molecule has 3 aromatic rings. The van der Waals surface area contributed by atoms with Crippen LogP contribution in [0.25, 0.3) is 10.8 Å². The molecule has 1 amide bonds. The van der Waals surface area contributed by atoms with Crippen molar-refractivity contribution in [3.63, 3.8) is 0 Å². The molecule has 0 unspecified atom stereocenters. The molecular weight excluding hydrogens is 395 g/mol. The summed E-state index contributed by atoms with van der Waals surface area (Å²) < 4.78 is 42.9. The number of halogens is 3. The summed E-state index contributed by atoms with van der Waals surface area (Å²) in [5.74, 6) is -1.05. The maximum Gasteiger partial charge on any atom is 0.416 e. The summed E-state index contributed by atoms with van der Waals surface area (Å²) >= 11 is 0. The molecule has 0 radical (unpaired) electrons. The molecule has 1 atom stereocenters. The molecular formula is C23H20F3NO3. The fourth-order valence-corrected chi connectivity index (χ4v) is 3.18. The molecule has 30 heavy (non-hydrogen) atoms. The third-order valence-corrected chi connectivity index (χ3v) is 4.72. The van der Waals surface area contributed by atoms with Gasteiger partial charge in [-0.2, -0.15) is 13.2 Å². The number of rotatable bonds is 6. The van der Waals surface area contributed by atoms with E-state index in [0.717, 1.165) is 28.5 Å². The number of hydrogen-bond donors (Lipinski definition) is 1. The smallest absolute Gasteiger partial charge is 0.416 e. The van der Waals surface area contributed by atoms with Gasteiger partial charge in [-0.25, -0.2) is 4.79 Å². The molecule has 3 rings (SSSR count). The summed E-state index contributed by atoms with van der Waals surface area (Å²) in [5.41, 5.74) is 0.481. The second-order valence-electron chi connectivity index (χ2n) is 6.90. The van der Waals surface area contributed by atoms with Gasteiger partial charge in [0, 0.05) is 6.42 Å². The SMILES string of the molecule is COC(=O)[C@@H](Cc1ccc(C(F)(F)F)cc1)NC(=O)Cc1ccc2ccccc2c1. The highest BCUT2D eigenvalue weighted by molar-refractivity contribution is 5.88. The molecule has 156 valence electrons. The Labute approximate surface area is 171 Å². The third-order valence-electron chi connectivity index (χ3n) is 4.72. The molecule has 0 saturated carbocycles. The van der Waals surface area contributed by atoms with E-state index in [4.69, 9.17) is 4.74 Å². The van der Waals surface area contributed by atoms with E-state index in [0.29, 0.717) is 5.56 Å². The van der Waals surface area contributed by atoms with Crippen LogP contribution in [0.2, 0.25) is 0 Å². The van der Waals surface area contributed by atoms with Gasteiger partial charge in [-0.3, -0.25) is 4.79 Å². The Kier molecular flexibility index (Phi) is 6.40. The molecule has 7 heteroatoms. The number of alkyl halides is 3. The Balaban J connectivity index is 1.69. The molecule has 0 aliphatic rings. The first-order chi connectivity index (χ1) is 14.3. The van der Waals surface area contributed by atoms with Crippen molar-refractivity contribution < 1.29 is 27.5 Å². The lowest BCUT2D eigenvalue weighted by atomic mass is 10.0. The quantitative estimate of drug-likeness (QED) is 0.611. The largest absolute Gasteiger partial charge is 0.467 e. The lowest BCUT2D eigenvalue weighted by molar-refractivity contribution is -0.145. The Morgan fingerprint density at radius 1 is 0.933 bits per heavy atom. The van der Waals surface area contributed by atoms with Gasteiger partial charge in [0.25, 0.3) is 0 Å². The number of hydrogen-bond acceptors (Lipinski definition) is 3. The minimum absolute atomic E-state index is 0.0221. The normalized spacial score (nSPS) is 12.4. The van der Waals surface area contributed by atoms with Crippen LogP contribution in [-0.2, 0) is 33.3 Å². The maximum absolute atomic E-state index is 12.7. The fourth-order valence-electron chi connectivity index (χ4n) is 3.18. The van der Waals surface area contributed by atoms with E-state index in [1.54, 1.807) is 0 Å². The molecule has 0 aromatic heterocycles. The Morgan fingerprint density at radius 3 is 2.20 bits per heavy atom. The van der Waals surface area contributed by atoms with Gasteiger partial charge in [0.05, 0.1) is 19.1 Å². The highest BCUT2D eigenvalue weighted by Crippen LogP contribution is 2.29. The summed E-state index contributed by atoms with van der Waals surface area (Å²) in [5, 5.41) is 4.67. The fraction of sp³-hybridized carbons (Fsp3) is 0.217. The number of methoxy groups -OCH3 is 1. The number of nitrogens with one attached hydrogen (secondary N) is 1. The highest BCUT2D eigenvalue weighted by atomic mass is 19.4. The first-order valence-corrected chi connectivity index (χ1v) is 9.27. The number of benzene rings is 3. The van der Waals surface area contributed by atoms with Crippen molar-refractivity contribution in [3.8, 4) is 0 Å². The molecule has 0 heterocycles. The van der Waals surface area contributed by atoms with E-state index in [1.807, 2.05) is 42.5 Å². The van der Waals surface area contributed by atoms with Gasteiger partial charge in [-0.05, 0) is 34.0 Å². The molecule has 3 aromatic carbocycles. The minimum Gasteiger partial charge on any atom is -0.467 e. The van der Waals surface area contributed by atoms with Crippen molar-refractivity contribution in [2.75, 3.05) is 7.11 Å². The first-order valence-electron chi connectivity index (χ1n) is 9.27. The van der Waals surface area contributed by atoms with E-state index < -0.39 is 23.8 Å². The topological polar surface area (TPSA) is 55.4 Å². The number of fused-ring (bicyclic) bond motifs is 1. The van der Waals surface area contributed by atoms with E-state index in [9.17, 15) is 22.8 Å². The number of esters is 1. The highest BCUT2D eigenvalue weighted by Gasteiger charge is 2.30. The van der Waals surface area contributed by atoms with Gasteiger partial charge in [-0.15, -0.1) is 0 Å². The van der Waals surface area contributed by atoms with Crippen LogP contribution in [0.4, 0.5) is 13.2 Å². The van der Waals surface area contributed by atoms with Crippen LogP contribution >= 0.6 is 0 Å².